The van der Waals surface area contributed by atoms with Crippen LogP contribution in [0, 0.1) is 0 Å². The predicted molar refractivity (Wildman–Crippen MR) is 56.2 cm³/mol. The van der Waals surface area contributed by atoms with Crippen LogP contribution < -0.4 is 16.8 Å². The highest BCUT2D eigenvalue weighted by molar-refractivity contribution is 5.88. The van der Waals surface area contributed by atoms with Gasteiger partial charge in [-0.05, 0) is 24.3 Å². The molecule has 0 heterocycles. The highest BCUT2D eigenvalue weighted by Crippen LogP contribution is 2.13. The number of nitrogens with one attached hydrogen (secondary N) is 1. The molecule has 1 rings (SSSR count). The van der Waals surface area contributed by atoms with Crippen LogP contribution in [0.3, 0.4) is 0 Å². The number of nitrogens with two attached hydrogens (primary N) is 2. The Morgan fingerprint density at radius 3 is 1.93 bits per heavy atom. The average molecular weight is 211 g/mol. The van der Waals surface area contributed by atoms with Crippen molar-refractivity contribution in [3.63, 3.8) is 0 Å². The molecule has 1 aromatic rings. The molecule has 0 aliphatic heterocycles. The van der Waals surface area contributed by atoms with E-state index in [4.69, 9.17) is 9.90 Å². The molecule has 0 saturated carbocycles. The molecule has 15 heavy (non-hydrogen) atoms. The lowest BCUT2D eigenvalue weighted by molar-refractivity contribution is -0.114. The molecule has 0 saturated heterocycles. The Kier molecular flexibility index (Phi) is 5.32. The molecule has 6 nitrogen and oxygen atoms in total. The Balaban J connectivity index is 0.000000423. The number of rotatable bonds is 1. The summed E-state index contributed by atoms with van der Waals surface area (Å²) in [6.45, 7) is 1.44. The van der Waals surface area contributed by atoms with Crippen molar-refractivity contribution in [3.8, 4) is 5.75 Å². The van der Waals surface area contributed by atoms with Gasteiger partial charge < -0.3 is 21.9 Å². The van der Waals surface area contributed by atoms with Gasteiger partial charge in [-0.25, -0.2) is 4.79 Å². The van der Waals surface area contributed by atoms with Gasteiger partial charge in [0.1, 0.15) is 5.75 Å². The molecule has 0 spiro atoms. The summed E-state index contributed by atoms with van der Waals surface area (Å²) in [5, 5.41) is 11.5. The van der Waals surface area contributed by atoms with E-state index >= 15 is 0 Å². The molecule has 82 valence electrons. The third kappa shape index (κ3) is 8.10. The average Bonchev–Trinajstić information content (AvgIpc) is 2.07. The summed E-state index contributed by atoms with van der Waals surface area (Å²) in [5.41, 5.74) is 9.19. The molecular formula is C9H13N3O3. The number of amides is 3. The number of urea groups is 1. The zero-order valence-corrected chi connectivity index (χ0v) is 8.23. The second-order valence-electron chi connectivity index (χ2n) is 2.63. The van der Waals surface area contributed by atoms with Crippen LogP contribution >= 0.6 is 0 Å². The first-order valence-corrected chi connectivity index (χ1v) is 4.03. The Hall–Kier alpha value is -2.24. The summed E-state index contributed by atoms with van der Waals surface area (Å²) >= 11 is 0. The van der Waals surface area contributed by atoms with E-state index in [1.807, 2.05) is 0 Å². The standard InChI is InChI=1S/C8H9NO2.CH4N2O/c1-6(10)9-7-2-4-8(11)5-3-7;2-1(3)4/h2-5,11H,1H3,(H,9,10);(H4,2,3,4). The highest BCUT2D eigenvalue weighted by Gasteiger charge is 1.93. The molecule has 0 radical (unpaired) electrons. The normalized spacial score (nSPS) is 8.33. The minimum absolute atomic E-state index is 0.115. The van der Waals surface area contributed by atoms with Crippen molar-refractivity contribution >= 4 is 17.6 Å². The van der Waals surface area contributed by atoms with Gasteiger partial charge in [-0.15, -0.1) is 0 Å². The minimum atomic E-state index is -0.833. The molecule has 0 unspecified atom stereocenters. The van der Waals surface area contributed by atoms with Crippen LogP contribution in [0.1, 0.15) is 6.92 Å². The van der Waals surface area contributed by atoms with Crippen LogP contribution in [-0.4, -0.2) is 17.0 Å². The van der Waals surface area contributed by atoms with Crippen LogP contribution in [0.4, 0.5) is 10.5 Å². The third-order valence-corrected chi connectivity index (χ3v) is 1.19. The highest BCUT2D eigenvalue weighted by atomic mass is 16.3. The van der Waals surface area contributed by atoms with Gasteiger partial charge in [-0.1, -0.05) is 0 Å². The minimum Gasteiger partial charge on any atom is -0.508 e. The van der Waals surface area contributed by atoms with Crippen LogP contribution in [-0.2, 0) is 4.79 Å². The van der Waals surface area contributed by atoms with E-state index in [-0.39, 0.29) is 11.7 Å². The van der Waals surface area contributed by atoms with Gasteiger partial charge >= 0.3 is 6.03 Å². The van der Waals surface area contributed by atoms with E-state index in [9.17, 15) is 4.79 Å². The number of carbonyl (C=O) groups excluding carboxylic acids is 2. The van der Waals surface area contributed by atoms with Crippen molar-refractivity contribution in [1.29, 1.82) is 0 Å². The molecule has 6 heteroatoms. The molecule has 0 aliphatic rings. The molecular weight excluding hydrogens is 198 g/mol. The van der Waals surface area contributed by atoms with Crippen LogP contribution in [0.2, 0.25) is 0 Å². The maximum absolute atomic E-state index is 10.5. The number of phenols is 1. The van der Waals surface area contributed by atoms with Gasteiger partial charge in [0.05, 0.1) is 0 Å². The zero-order chi connectivity index (χ0) is 11.8. The van der Waals surface area contributed by atoms with Gasteiger partial charge in [0.25, 0.3) is 0 Å². The fourth-order valence-corrected chi connectivity index (χ4v) is 0.748. The predicted octanol–water partition coefficient (Wildman–Crippen LogP) is 0.374. The molecule has 0 aromatic heterocycles. The Labute approximate surface area is 86.9 Å². The Morgan fingerprint density at radius 2 is 1.60 bits per heavy atom. The number of carbonyl (C=O) groups is 2. The monoisotopic (exact) mass is 211 g/mol. The maximum Gasteiger partial charge on any atom is 0.309 e. The van der Waals surface area contributed by atoms with E-state index in [2.05, 4.69) is 16.8 Å². The summed E-state index contributed by atoms with van der Waals surface area (Å²) in [6, 6.07) is 5.48. The summed E-state index contributed by atoms with van der Waals surface area (Å²) in [5.74, 6) is 0.0785. The van der Waals surface area contributed by atoms with E-state index < -0.39 is 6.03 Å². The van der Waals surface area contributed by atoms with Gasteiger partial charge in [-0.2, -0.15) is 0 Å². The number of aromatic hydroxyl groups is 1. The van der Waals surface area contributed by atoms with Gasteiger partial charge in [0.15, 0.2) is 0 Å². The van der Waals surface area contributed by atoms with Crippen molar-refractivity contribution in [2.75, 3.05) is 5.32 Å². The lowest BCUT2D eigenvalue weighted by Crippen LogP contribution is -2.18. The van der Waals surface area contributed by atoms with Gasteiger partial charge in [0.2, 0.25) is 5.91 Å². The molecule has 3 amide bonds. The number of phenolic OH excluding ortho intramolecular Hbond substituents is 1. The van der Waals surface area contributed by atoms with Crippen molar-refractivity contribution in [2.45, 2.75) is 6.92 Å². The molecule has 0 fully saturated rings. The maximum atomic E-state index is 10.5. The largest absolute Gasteiger partial charge is 0.508 e. The first-order chi connectivity index (χ1) is 6.91. The third-order valence-electron chi connectivity index (χ3n) is 1.19. The van der Waals surface area contributed by atoms with E-state index in [1.54, 1.807) is 12.1 Å². The fourth-order valence-electron chi connectivity index (χ4n) is 0.748. The SMILES string of the molecule is CC(=O)Nc1ccc(O)cc1.NC(N)=O. The Bertz CT molecular complexity index is 331. The molecule has 0 atom stereocenters. The van der Waals surface area contributed by atoms with Crippen molar-refractivity contribution in [2.24, 2.45) is 11.5 Å². The number of primary amides is 2. The van der Waals surface area contributed by atoms with Crippen molar-refractivity contribution in [1.82, 2.24) is 0 Å². The van der Waals surface area contributed by atoms with Crippen LogP contribution in [0.5, 0.6) is 5.75 Å². The first-order valence-electron chi connectivity index (χ1n) is 4.03. The van der Waals surface area contributed by atoms with Crippen LogP contribution in [0.15, 0.2) is 24.3 Å². The zero-order valence-electron chi connectivity index (χ0n) is 8.23. The topological polar surface area (TPSA) is 118 Å². The molecule has 0 aliphatic carbocycles. The number of hydrogen-bond donors (Lipinski definition) is 4. The number of hydrogen-bond acceptors (Lipinski definition) is 3. The number of anilines is 1. The second-order valence-corrected chi connectivity index (χ2v) is 2.63. The summed E-state index contributed by atoms with van der Waals surface area (Å²) in [7, 11) is 0. The summed E-state index contributed by atoms with van der Waals surface area (Å²) in [6.07, 6.45) is 0. The van der Waals surface area contributed by atoms with E-state index in [0.717, 1.165) is 0 Å². The molecule has 1 aromatic carbocycles. The first kappa shape index (κ1) is 12.8. The lowest BCUT2D eigenvalue weighted by atomic mass is 10.3. The summed E-state index contributed by atoms with van der Waals surface area (Å²) in [4.78, 5) is 19.5. The van der Waals surface area contributed by atoms with Crippen LogP contribution in [0.25, 0.3) is 0 Å². The smallest absolute Gasteiger partial charge is 0.309 e. The van der Waals surface area contributed by atoms with Crippen molar-refractivity contribution in [3.05, 3.63) is 24.3 Å². The van der Waals surface area contributed by atoms with Gasteiger partial charge in [-0.3, -0.25) is 4.79 Å². The van der Waals surface area contributed by atoms with E-state index in [0.29, 0.717) is 5.69 Å². The number of benzene rings is 1. The second kappa shape index (κ2) is 6.25. The van der Waals surface area contributed by atoms with E-state index in [1.165, 1.54) is 19.1 Å². The van der Waals surface area contributed by atoms with Crippen molar-refractivity contribution < 1.29 is 14.7 Å². The van der Waals surface area contributed by atoms with Gasteiger partial charge in [0, 0.05) is 12.6 Å². The Morgan fingerprint density at radius 1 is 1.20 bits per heavy atom. The molecule has 6 N–H and O–H groups in total. The quantitative estimate of drug-likeness (QED) is 0.502. The fraction of sp³-hybridized carbons (Fsp3) is 0.111. The summed E-state index contributed by atoms with van der Waals surface area (Å²) < 4.78 is 0. The molecule has 0 bridgehead atoms. The lowest BCUT2D eigenvalue weighted by Gasteiger charge is -1.99.